The fourth-order valence-corrected chi connectivity index (χ4v) is 1.97. The van der Waals surface area contributed by atoms with Crippen molar-refractivity contribution >= 4 is 17.7 Å². The maximum atomic E-state index is 5.15. The molecule has 0 spiro atoms. The fourth-order valence-electron chi connectivity index (χ4n) is 1.97. The fraction of sp³-hybridized carbons (Fsp3) is 0.111. The quantitative estimate of drug-likeness (QED) is 0.709. The molecule has 0 saturated heterocycles. The van der Waals surface area contributed by atoms with Crippen molar-refractivity contribution in [3.63, 3.8) is 0 Å². The van der Waals surface area contributed by atoms with E-state index in [4.69, 9.17) is 4.74 Å². The Bertz CT molecular complexity index is 567. The van der Waals surface area contributed by atoms with Crippen LogP contribution in [0.1, 0.15) is 16.7 Å². The molecule has 0 aliphatic heterocycles. The van der Waals surface area contributed by atoms with Crippen LogP contribution in [0.25, 0.3) is 17.7 Å². The molecule has 0 bridgehead atoms. The third kappa shape index (κ3) is 3.67. The van der Waals surface area contributed by atoms with E-state index in [-0.39, 0.29) is 0 Å². The molecule has 0 fully saturated rings. The summed E-state index contributed by atoms with van der Waals surface area (Å²) >= 11 is 0. The van der Waals surface area contributed by atoms with E-state index in [1.165, 1.54) is 5.56 Å². The smallest absolute Gasteiger partial charge is 0.0713 e. The topological polar surface area (TPSA) is 9.23 Å². The van der Waals surface area contributed by atoms with Gasteiger partial charge in [0.05, 0.1) is 6.61 Å². The van der Waals surface area contributed by atoms with Gasteiger partial charge < -0.3 is 4.74 Å². The number of rotatable bonds is 5. The highest BCUT2D eigenvalue weighted by atomic mass is 16.5. The summed E-state index contributed by atoms with van der Waals surface area (Å²) in [6, 6.07) is 18.5. The summed E-state index contributed by atoms with van der Waals surface area (Å²) in [7, 11) is 1.69. The molecule has 1 nitrogen and oxygen atoms in total. The number of ether oxygens (including phenoxy) is 1. The Kier molecular flexibility index (Phi) is 4.71. The van der Waals surface area contributed by atoms with Gasteiger partial charge >= 0.3 is 0 Å². The second-order valence-electron chi connectivity index (χ2n) is 4.37. The summed E-state index contributed by atoms with van der Waals surface area (Å²) in [5, 5.41) is 0. The molecule has 19 heavy (non-hydrogen) atoms. The van der Waals surface area contributed by atoms with Gasteiger partial charge in [-0.2, -0.15) is 0 Å². The van der Waals surface area contributed by atoms with Crippen LogP contribution < -0.4 is 0 Å². The van der Waals surface area contributed by atoms with Crippen LogP contribution in [-0.4, -0.2) is 13.7 Å². The third-order valence-electron chi connectivity index (χ3n) is 2.92. The molecular weight excluding hydrogens is 232 g/mol. The van der Waals surface area contributed by atoms with Gasteiger partial charge in [-0.05, 0) is 22.3 Å². The van der Waals surface area contributed by atoms with Gasteiger partial charge in [-0.1, -0.05) is 73.3 Å². The Balaban J connectivity index is 2.25. The van der Waals surface area contributed by atoms with Crippen LogP contribution in [-0.2, 0) is 4.74 Å². The average Bonchev–Trinajstić information content (AvgIpc) is 2.47. The van der Waals surface area contributed by atoms with Crippen molar-refractivity contribution in [1.82, 2.24) is 0 Å². The maximum Gasteiger partial charge on any atom is 0.0713 e. The zero-order chi connectivity index (χ0) is 13.5. The monoisotopic (exact) mass is 250 g/mol. The second kappa shape index (κ2) is 6.72. The van der Waals surface area contributed by atoms with E-state index in [9.17, 15) is 0 Å². The van der Waals surface area contributed by atoms with Crippen molar-refractivity contribution in [3.8, 4) is 0 Å². The first-order chi connectivity index (χ1) is 9.31. The van der Waals surface area contributed by atoms with Gasteiger partial charge in [-0.3, -0.25) is 0 Å². The van der Waals surface area contributed by atoms with E-state index < -0.39 is 0 Å². The summed E-state index contributed by atoms with van der Waals surface area (Å²) < 4.78 is 5.15. The van der Waals surface area contributed by atoms with E-state index in [0.717, 1.165) is 16.7 Å². The van der Waals surface area contributed by atoms with Gasteiger partial charge in [0.15, 0.2) is 0 Å². The molecule has 0 unspecified atom stereocenters. The first-order valence-corrected chi connectivity index (χ1v) is 6.30. The highest BCUT2D eigenvalue weighted by Crippen LogP contribution is 2.20. The summed E-state index contributed by atoms with van der Waals surface area (Å²) in [4.78, 5) is 0. The second-order valence-corrected chi connectivity index (χ2v) is 4.37. The van der Waals surface area contributed by atoms with Crippen molar-refractivity contribution < 1.29 is 4.74 Å². The van der Waals surface area contributed by atoms with Crippen LogP contribution >= 0.6 is 0 Å². The zero-order valence-electron chi connectivity index (χ0n) is 11.2. The van der Waals surface area contributed by atoms with Crippen LogP contribution in [0.3, 0.4) is 0 Å². The van der Waals surface area contributed by atoms with Crippen molar-refractivity contribution in [2.45, 2.75) is 0 Å². The van der Waals surface area contributed by atoms with Crippen LogP contribution in [0.2, 0.25) is 0 Å². The standard InChI is InChI=1S/C18H18O/c1-15(14-19-2)18-11-7-6-10-17(18)13-12-16-8-4-3-5-9-16/h3-13H,1,14H2,2H3/b13-12+. The minimum Gasteiger partial charge on any atom is -0.380 e. The average molecular weight is 250 g/mol. The van der Waals surface area contributed by atoms with Crippen LogP contribution in [0.15, 0.2) is 61.2 Å². The van der Waals surface area contributed by atoms with Gasteiger partial charge in [-0.15, -0.1) is 0 Å². The van der Waals surface area contributed by atoms with Gasteiger partial charge in [0, 0.05) is 7.11 Å². The van der Waals surface area contributed by atoms with Gasteiger partial charge in [-0.25, -0.2) is 0 Å². The molecule has 0 amide bonds. The molecule has 0 atom stereocenters. The molecule has 0 radical (unpaired) electrons. The molecule has 1 heteroatoms. The van der Waals surface area contributed by atoms with Crippen molar-refractivity contribution in [2.75, 3.05) is 13.7 Å². The van der Waals surface area contributed by atoms with Crippen LogP contribution in [0.4, 0.5) is 0 Å². The Morgan fingerprint density at radius 1 is 1.00 bits per heavy atom. The Labute approximate surface area is 114 Å². The number of benzene rings is 2. The predicted molar refractivity (Wildman–Crippen MR) is 82.7 cm³/mol. The van der Waals surface area contributed by atoms with Crippen molar-refractivity contribution in [2.24, 2.45) is 0 Å². The van der Waals surface area contributed by atoms with E-state index in [0.29, 0.717) is 6.61 Å². The molecule has 2 aromatic rings. The molecular formula is C18H18O. The van der Waals surface area contributed by atoms with E-state index in [2.05, 4.69) is 43.0 Å². The normalized spacial score (nSPS) is 10.8. The molecule has 0 N–H and O–H groups in total. The maximum absolute atomic E-state index is 5.15. The summed E-state index contributed by atoms with van der Waals surface area (Å²) in [5.74, 6) is 0. The SMILES string of the molecule is C=C(COC)c1ccccc1/C=C/c1ccccc1. The van der Waals surface area contributed by atoms with Crippen molar-refractivity contribution in [1.29, 1.82) is 0 Å². The van der Waals surface area contributed by atoms with E-state index in [1.807, 2.05) is 30.3 Å². The molecule has 0 aliphatic carbocycles. The molecule has 2 rings (SSSR count). The summed E-state index contributed by atoms with van der Waals surface area (Å²) in [6.07, 6.45) is 4.23. The lowest BCUT2D eigenvalue weighted by atomic mass is 10.0. The van der Waals surface area contributed by atoms with Crippen LogP contribution in [0.5, 0.6) is 0 Å². The third-order valence-corrected chi connectivity index (χ3v) is 2.92. The molecule has 0 heterocycles. The van der Waals surface area contributed by atoms with E-state index in [1.54, 1.807) is 7.11 Å². The Morgan fingerprint density at radius 3 is 2.42 bits per heavy atom. The summed E-state index contributed by atoms with van der Waals surface area (Å²) in [5.41, 5.74) is 4.48. The largest absolute Gasteiger partial charge is 0.380 e. The van der Waals surface area contributed by atoms with Gasteiger partial charge in [0.25, 0.3) is 0 Å². The van der Waals surface area contributed by atoms with E-state index >= 15 is 0 Å². The molecule has 2 aromatic carbocycles. The lowest BCUT2D eigenvalue weighted by Gasteiger charge is -2.08. The van der Waals surface area contributed by atoms with Gasteiger partial charge in [0.2, 0.25) is 0 Å². The Morgan fingerprint density at radius 2 is 1.68 bits per heavy atom. The van der Waals surface area contributed by atoms with Crippen molar-refractivity contribution in [3.05, 3.63) is 77.9 Å². The molecule has 0 aromatic heterocycles. The lowest BCUT2D eigenvalue weighted by molar-refractivity contribution is 0.240. The first-order valence-electron chi connectivity index (χ1n) is 6.30. The van der Waals surface area contributed by atoms with Crippen LogP contribution in [0, 0.1) is 0 Å². The number of hydrogen-bond acceptors (Lipinski definition) is 1. The Hall–Kier alpha value is -2.12. The van der Waals surface area contributed by atoms with Gasteiger partial charge in [0.1, 0.15) is 0 Å². The zero-order valence-corrected chi connectivity index (χ0v) is 11.2. The predicted octanol–water partition coefficient (Wildman–Crippen LogP) is 4.52. The first kappa shape index (κ1) is 13.3. The highest BCUT2D eigenvalue weighted by Gasteiger charge is 2.02. The molecule has 0 aliphatic rings. The molecule has 96 valence electrons. The number of methoxy groups -OCH3 is 1. The minimum absolute atomic E-state index is 0.552. The highest BCUT2D eigenvalue weighted by molar-refractivity contribution is 5.79. The molecule has 0 saturated carbocycles. The summed E-state index contributed by atoms with van der Waals surface area (Å²) in [6.45, 7) is 4.62. The number of hydrogen-bond donors (Lipinski definition) is 0. The minimum atomic E-state index is 0.552. The lowest BCUT2D eigenvalue weighted by Crippen LogP contribution is -1.94.